The molecule has 23 heavy (non-hydrogen) atoms. The van der Waals surface area contributed by atoms with E-state index in [9.17, 15) is 9.59 Å². The van der Waals surface area contributed by atoms with Crippen molar-refractivity contribution >= 4 is 17.5 Å². The van der Waals surface area contributed by atoms with E-state index in [-0.39, 0.29) is 17.2 Å². The Morgan fingerprint density at radius 2 is 2.04 bits per heavy atom. The molecule has 1 amide bonds. The maximum Gasteiger partial charge on any atom is 0.274 e. The van der Waals surface area contributed by atoms with E-state index in [0.29, 0.717) is 24.7 Å². The fourth-order valence-corrected chi connectivity index (χ4v) is 2.25. The number of methoxy groups -OCH3 is 1. The molecule has 1 heterocycles. The number of benzene rings is 1. The predicted octanol–water partition coefficient (Wildman–Crippen LogP) is 1.82. The highest BCUT2D eigenvalue weighted by Crippen LogP contribution is 2.17. The van der Waals surface area contributed by atoms with Crippen LogP contribution in [0.5, 0.6) is 0 Å². The maximum atomic E-state index is 12.5. The van der Waals surface area contributed by atoms with Gasteiger partial charge in [-0.1, -0.05) is 29.8 Å². The summed E-state index contributed by atoms with van der Waals surface area (Å²) in [6.45, 7) is 1.00. The van der Waals surface area contributed by atoms with Crippen LogP contribution in [0.2, 0.25) is 5.02 Å². The molecule has 0 saturated carbocycles. The third kappa shape index (κ3) is 4.40. The Labute approximate surface area is 139 Å². The lowest BCUT2D eigenvalue weighted by atomic mass is 10.2. The second-order valence-corrected chi connectivity index (χ2v) is 5.43. The van der Waals surface area contributed by atoms with Gasteiger partial charge in [0.05, 0.1) is 13.2 Å². The third-order valence-corrected chi connectivity index (χ3v) is 3.67. The first kappa shape index (κ1) is 17.2. The van der Waals surface area contributed by atoms with Crippen LogP contribution in [-0.4, -0.2) is 41.4 Å². The summed E-state index contributed by atoms with van der Waals surface area (Å²) in [5.74, 6) is -0.281. The SMILES string of the molecule is COCCn1nc(C(=O)N(C)Cc2ccccc2Cl)ccc1=O. The molecule has 0 fully saturated rings. The summed E-state index contributed by atoms with van der Waals surface area (Å²) >= 11 is 6.11. The predicted molar refractivity (Wildman–Crippen MR) is 87.6 cm³/mol. The fraction of sp³-hybridized carbons (Fsp3) is 0.312. The second-order valence-electron chi connectivity index (χ2n) is 5.03. The van der Waals surface area contributed by atoms with Crippen molar-refractivity contribution in [3.05, 3.63) is 63.0 Å². The van der Waals surface area contributed by atoms with Crippen LogP contribution in [0.3, 0.4) is 0 Å². The molecule has 0 unspecified atom stereocenters. The molecule has 6 nitrogen and oxygen atoms in total. The fourth-order valence-electron chi connectivity index (χ4n) is 2.05. The van der Waals surface area contributed by atoms with Crippen LogP contribution in [0, 0.1) is 0 Å². The lowest BCUT2D eigenvalue weighted by molar-refractivity contribution is 0.0775. The van der Waals surface area contributed by atoms with Crippen molar-refractivity contribution in [1.29, 1.82) is 0 Å². The van der Waals surface area contributed by atoms with Gasteiger partial charge < -0.3 is 9.64 Å². The largest absolute Gasteiger partial charge is 0.383 e. The van der Waals surface area contributed by atoms with Crippen LogP contribution < -0.4 is 5.56 Å². The van der Waals surface area contributed by atoms with Gasteiger partial charge in [0.25, 0.3) is 11.5 Å². The van der Waals surface area contributed by atoms with E-state index in [1.807, 2.05) is 18.2 Å². The van der Waals surface area contributed by atoms with E-state index in [4.69, 9.17) is 16.3 Å². The first-order valence-electron chi connectivity index (χ1n) is 7.09. The molecular formula is C16H18ClN3O3. The zero-order valence-electron chi connectivity index (χ0n) is 13.0. The Morgan fingerprint density at radius 1 is 1.30 bits per heavy atom. The second kappa shape index (κ2) is 7.89. The van der Waals surface area contributed by atoms with Gasteiger partial charge >= 0.3 is 0 Å². The smallest absolute Gasteiger partial charge is 0.274 e. The molecule has 1 aromatic carbocycles. The third-order valence-electron chi connectivity index (χ3n) is 3.31. The Balaban J connectivity index is 2.16. The minimum absolute atomic E-state index is 0.204. The number of nitrogens with zero attached hydrogens (tertiary/aromatic N) is 3. The number of hydrogen-bond acceptors (Lipinski definition) is 4. The summed E-state index contributed by atoms with van der Waals surface area (Å²) in [4.78, 5) is 25.7. The number of carbonyl (C=O) groups is 1. The molecule has 0 aliphatic heterocycles. The van der Waals surface area contributed by atoms with Gasteiger partial charge in [0.15, 0.2) is 0 Å². The van der Waals surface area contributed by atoms with Gasteiger partial charge in [-0.2, -0.15) is 5.10 Å². The van der Waals surface area contributed by atoms with Gasteiger partial charge in [-0.25, -0.2) is 4.68 Å². The zero-order chi connectivity index (χ0) is 16.8. The highest BCUT2D eigenvalue weighted by atomic mass is 35.5. The highest BCUT2D eigenvalue weighted by Gasteiger charge is 2.16. The molecular weight excluding hydrogens is 318 g/mol. The lowest BCUT2D eigenvalue weighted by Gasteiger charge is -2.18. The van der Waals surface area contributed by atoms with Gasteiger partial charge in [0, 0.05) is 31.8 Å². The van der Waals surface area contributed by atoms with E-state index >= 15 is 0 Å². The molecule has 0 saturated heterocycles. The number of halogens is 1. The van der Waals surface area contributed by atoms with E-state index < -0.39 is 0 Å². The van der Waals surface area contributed by atoms with E-state index in [2.05, 4.69) is 5.10 Å². The molecule has 0 N–H and O–H groups in total. The molecule has 0 radical (unpaired) electrons. The van der Waals surface area contributed by atoms with Crippen molar-refractivity contribution in [2.45, 2.75) is 13.1 Å². The molecule has 1 aromatic heterocycles. The average Bonchev–Trinajstić information content (AvgIpc) is 2.55. The molecule has 0 spiro atoms. The van der Waals surface area contributed by atoms with Crippen molar-refractivity contribution in [3.63, 3.8) is 0 Å². The van der Waals surface area contributed by atoms with Crippen LogP contribution in [0.4, 0.5) is 0 Å². The van der Waals surface area contributed by atoms with Crippen molar-refractivity contribution in [2.24, 2.45) is 0 Å². The van der Waals surface area contributed by atoms with Gasteiger partial charge in [-0.15, -0.1) is 0 Å². The van der Waals surface area contributed by atoms with Gasteiger partial charge in [-0.3, -0.25) is 9.59 Å². The molecule has 0 bridgehead atoms. The van der Waals surface area contributed by atoms with Crippen LogP contribution >= 0.6 is 11.6 Å². The number of hydrogen-bond donors (Lipinski definition) is 0. The molecule has 2 rings (SSSR count). The summed E-state index contributed by atoms with van der Waals surface area (Å²) in [7, 11) is 3.20. The van der Waals surface area contributed by atoms with E-state index in [1.165, 1.54) is 28.8 Å². The Bertz CT molecular complexity index is 745. The van der Waals surface area contributed by atoms with E-state index in [1.54, 1.807) is 13.1 Å². The minimum Gasteiger partial charge on any atom is -0.383 e. The standard InChI is InChI=1S/C16H18ClN3O3/c1-19(11-12-5-3-4-6-13(12)17)16(22)14-7-8-15(21)20(18-14)9-10-23-2/h3-8H,9-11H2,1-2H3. The summed E-state index contributed by atoms with van der Waals surface area (Å²) < 4.78 is 6.15. The van der Waals surface area contributed by atoms with Crippen molar-refractivity contribution in [2.75, 3.05) is 20.8 Å². The number of carbonyl (C=O) groups excluding carboxylic acids is 1. The van der Waals surface area contributed by atoms with Gasteiger partial charge in [0.2, 0.25) is 0 Å². The average molecular weight is 336 g/mol. The lowest BCUT2D eigenvalue weighted by Crippen LogP contribution is -2.31. The summed E-state index contributed by atoms with van der Waals surface area (Å²) in [5.41, 5.74) is 0.778. The number of aromatic nitrogens is 2. The normalized spacial score (nSPS) is 10.6. The Kier molecular flexibility index (Phi) is 5.90. The minimum atomic E-state index is -0.281. The Hall–Kier alpha value is -2.18. The molecule has 7 heteroatoms. The van der Waals surface area contributed by atoms with Gasteiger partial charge in [-0.05, 0) is 17.7 Å². The first-order chi connectivity index (χ1) is 11.0. The first-order valence-corrected chi connectivity index (χ1v) is 7.46. The molecule has 0 atom stereocenters. The monoisotopic (exact) mass is 335 g/mol. The van der Waals surface area contributed by atoms with Crippen LogP contribution in [0.15, 0.2) is 41.2 Å². The molecule has 122 valence electrons. The highest BCUT2D eigenvalue weighted by molar-refractivity contribution is 6.31. The van der Waals surface area contributed by atoms with Crippen LogP contribution in [0.25, 0.3) is 0 Å². The summed E-state index contributed by atoms with van der Waals surface area (Å²) in [6, 6.07) is 10.1. The molecule has 2 aromatic rings. The van der Waals surface area contributed by atoms with Crippen LogP contribution in [0.1, 0.15) is 16.1 Å². The quantitative estimate of drug-likeness (QED) is 0.807. The van der Waals surface area contributed by atoms with Gasteiger partial charge in [0.1, 0.15) is 5.69 Å². The van der Waals surface area contributed by atoms with Crippen molar-refractivity contribution in [3.8, 4) is 0 Å². The zero-order valence-corrected chi connectivity index (χ0v) is 13.8. The molecule has 0 aliphatic carbocycles. The van der Waals surface area contributed by atoms with Crippen molar-refractivity contribution in [1.82, 2.24) is 14.7 Å². The van der Waals surface area contributed by atoms with Crippen molar-refractivity contribution < 1.29 is 9.53 Å². The topological polar surface area (TPSA) is 64.4 Å². The maximum absolute atomic E-state index is 12.5. The number of rotatable bonds is 6. The number of ether oxygens (including phenoxy) is 1. The Morgan fingerprint density at radius 3 is 2.74 bits per heavy atom. The number of amides is 1. The summed E-state index contributed by atoms with van der Waals surface area (Å²) in [5, 5.41) is 4.70. The molecule has 0 aliphatic rings. The van der Waals surface area contributed by atoms with Crippen LogP contribution in [-0.2, 0) is 17.8 Å². The van der Waals surface area contributed by atoms with E-state index in [0.717, 1.165) is 5.56 Å². The summed E-state index contributed by atoms with van der Waals surface area (Å²) in [6.07, 6.45) is 0.